The molecule has 0 saturated heterocycles. The third kappa shape index (κ3) is 3.03. The molecule has 0 spiro atoms. The topological polar surface area (TPSA) is 60.7 Å². The monoisotopic (exact) mass is 250 g/mol. The predicted molar refractivity (Wildman–Crippen MR) is 70.5 cm³/mol. The standard InChI is InChI=1S/C15H22O3/c16-9-3-4-11-7-8-12(17)10-14(11)13-5-1-2-6-15(13)18/h1-2,5-6,11-12,14,16-18H,3-4,7-10H2/t11-,12+,14-/m1/s1. The number of rotatable bonds is 4. The van der Waals surface area contributed by atoms with E-state index in [4.69, 9.17) is 5.11 Å². The van der Waals surface area contributed by atoms with Gasteiger partial charge in [-0.2, -0.15) is 0 Å². The van der Waals surface area contributed by atoms with Crippen molar-refractivity contribution in [2.75, 3.05) is 6.61 Å². The van der Waals surface area contributed by atoms with Gasteiger partial charge in [-0.3, -0.25) is 0 Å². The molecule has 1 aromatic rings. The Bertz CT molecular complexity index is 376. The maximum Gasteiger partial charge on any atom is 0.119 e. The molecule has 1 aromatic carbocycles. The minimum atomic E-state index is -0.264. The molecule has 3 heteroatoms. The van der Waals surface area contributed by atoms with Crippen molar-refractivity contribution >= 4 is 0 Å². The van der Waals surface area contributed by atoms with Crippen LogP contribution >= 0.6 is 0 Å². The Kier molecular flexibility index (Phi) is 4.61. The predicted octanol–water partition coefficient (Wildman–Crippen LogP) is 2.41. The molecule has 3 nitrogen and oxygen atoms in total. The Morgan fingerprint density at radius 3 is 2.67 bits per heavy atom. The molecule has 3 atom stereocenters. The molecule has 1 saturated carbocycles. The molecule has 1 aliphatic rings. The molecule has 1 fully saturated rings. The number of hydrogen-bond acceptors (Lipinski definition) is 3. The summed E-state index contributed by atoms with van der Waals surface area (Å²) in [7, 11) is 0. The van der Waals surface area contributed by atoms with Crippen molar-refractivity contribution in [3.8, 4) is 5.75 Å². The highest BCUT2D eigenvalue weighted by Gasteiger charge is 2.31. The Morgan fingerprint density at radius 2 is 1.94 bits per heavy atom. The molecule has 0 amide bonds. The van der Waals surface area contributed by atoms with Gasteiger partial charge in [-0.15, -0.1) is 0 Å². The third-order valence-corrected chi connectivity index (χ3v) is 4.03. The Balaban J connectivity index is 2.17. The van der Waals surface area contributed by atoms with E-state index in [0.717, 1.165) is 31.2 Å². The molecule has 18 heavy (non-hydrogen) atoms. The van der Waals surface area contributed by atoms with Gasteiger partial charge >= 0.3 is 0 Å². The minimum absolute atomic E-state index is 0.210. The van der Waals surface area contributed by atoms with Gasteiger partial charge in [-0.25, -0.2) is 0 Å². The first-order chi connectivity index (χ1) is 8.72. The summed E-state index contributed by atoms with van der Waals surface area (Å²) in [6.07, 6.45) is 4.01. The second-order valence-corrected chi connectivity index (χ2v) is 5.26. The summed E-state index contributed by atoms with van der Waals surface area (Å²) >= 11 is 0. The average Bonchev–Trinajstić information content (AvgIpc) is 2.38. The molecule has 1 aliphatic carbocycles. The number of benzene rings is 1. The van der Waals surface area contributed by atoms with Gasteiger partial charge in [0.2, 0.25) is 0 Å². The molecule has 0 radical (unpaired) electrons. The van der Waals surface area contributed by atoms with Gasteiger partial charge in [-0.1, -0.05) is 18.2 Å². The lowest BCUT2D eigenvalue weighted by molar-refractivity contribution is 0.0879. The largest absolute Gasteiger partial charge is 0.508 e. The van der Waals surface area contributed by atoms with E-state index in [-0.39, 0.29) is 18.6 Å². The highest BCUT2D eigenvalue weighted by Crippen LogP contribution is 2.42. The number of phenols is 1. The van der Waals surface area contributed by atoms with E-state index in [9.17, 15) is 10.2 Å². The van der Waals surface area contributed by atoms with Crippen molar-refractivity contribution in [1.82, 2.24) is 0 Å². The number of aromatic hydroxyl groups is 1. The molecule has 100 valence electrons. The fourth-order valence-electron chi connectivity index (χ4n) is 3.09. The molecular formula is C15H22O3. The normalized spacial score (nSPS) is 28.2. The minimum Gasteiger partial charge on any atom is -0.508 e. The Morgan fingerprint density at radius 1 is 1.17 bits per heavy atom. The number of aliphatic hydroxyl groups excluding tert-OH is 2. The summed E-state index contributed by atoms with van der Waals surface area (Å²) in [6, 6.07) is 7.41. The van der Waals surface area contributed by atoms with Gasteiger partial charge in [0.1, 0.15) is 5.75 Å². The number of phenolic OH excluding ortho intramolecular Hbond substituents is 1. The summed E-state index contributed by atoms with van der Waals surface area (Å²) in [5.41, 5.74) is 0.944. The third-order valence-electron chi connectivity index (χ3n) is 4.03. The summed E-state index contributed by atoms with van der Waals surface area (Å²) in [5.74, 6) is 0.987. The molecule has 0 heterocycles. The molecule has 3 N–H and O–H groups in total. The first-order valence-electron chi connectivity index (χ1n) is 6.79. The van der Waals surface area contributed by atoms with Crippen LogP contribution in [0.2, 0.25) is 0 Å². The van der Waals surface area contributed by atoms with E-state index in [2.05, 4.69) is 0 Å². The highest BCUT2D eigenvalue weighted by molar-refractivity contribution is 5.35. The van der Waals surface area contributed by atoms with Crippen LogP contribution in [0.3, 0.4) is 0 Å². The molecule has 0 bridgehead atoms. The summed E-state index contributed by atoms with van der Waals surface area (Å²) in [6.45, 7) is 0.215. The number of aliphatic hydroxyl groups is 2. The van der Waals surface area contributed by atoms with Crippen LogP contribution in [0.15, 0.2) is 24.3 Å². The van der Waals surface area contributed by atoms with Gasteiger partial charge < -0.3 is 15.3 Å². The first-order valence-corrected chi connectivity index (χ1v) is 6.79. The second kappa shape index (κ2) is 6.21. The SMILES string of the molecule is OCCC[C@@H]1CC[C@H](O)C[C@H]1c1ccccc1O. The van der Waals surface area contributed by atoms with Crippen LogP contribution < -0.4 is 0 Å². The van der Waals surface area contributed by atoms with Crippen LogP contribution in [0.1, 0.15) is 43.6 Å². The average molecular weight is 250 g/mol. The number of hydrogen-bond donors (Lipinski definition) is 3. The van der Waals surface area contributed by atoms with Crippen LogP contribution in [0.25, 0.3) is 0 Å². The van der Waals surface area contributed by atoms with Crippen molar-refractivity contribution in [2.24, 2.45) is 5.92 Å². The zero-order valence-corrected chi connectivity index (χ0v) is 10.6. The highest BCUT2D eigenvalue weighted by atomic mass is 16.3. The van der Waals surface area contributed by atoms with Crippen LogP contribution in [0.5, 0.6) is 5.75 Å². The van der Waals surface area contributed by atoms with Crippen molar-refractivity contribution in [2.45, 2.75) is 44.1 Å². The molecule has 0 aliphatic heterocycles. The van der Waals surface area contributed by atoms with Crippen molar-refractivity contribution in [3.05, 3.63) is 29.8 Å². The smallest absolute Gasteiger partial charge is 0.119 e. The maximum atomic E-state index is 9.96. The lowest BCUT2D eigenvalue weighted by Crippen LogP contribution is -2.26. The van der Waals surface area contributed by atoms with Gasteiger partial charge in [0, 0.05) is 6.61 Å². The molecule has 0 aromatic heterocycles. The first kappa shape index (κ1) is 13.4. The number of para-hydroxylation sites is 1. The van der Waals surface area contributed by atoms with E-state index in [1.165, 1.54) is 0 Å². The van der Waals surface area contributed by atoms with Gasteiger partial charge in [0.15, 0.2) is 0 Å². The zero-order valence-electron chi connectivity index (χ0n) is 10.6. The van der Waals surface area contributed by atoms with E-state index in [0.29, 0.717) is 18.1 Å². The van der Waals surface area contributed by atoms with Crippen molar-refractivity contribution < 1.29 is 15.3 Å². The quantitative estimate of drug-likeness (QED) is 0.769. The maximum absolute atomic E-state index is 9.96. The van der Waals surface area contributed by atoms with Gasteiger partial charge in [-0.05, 0) is 55.6 Å². The lowest BCUT2D eigenvalue weighted by atomic mass is 9.72. The fourth-order valence-corrected chi connectivity index (χ4v) is 3.09. The van der Waals surface area contributed by atoms with Crippen molar-refractivity contribution in [3.63, 3.8) is 0 Å². The summed E-state index contributed by atoms with van der Waals surface area (Å²) in [5, 5.41) is 28.8. The van der Waals surface area contributed by atoms with E-state index in [1.54, 1.807) is 6.07 Å². The van der Waals surface area contributed by atoms with Crippen LogP contribution in [0.4, 0.5) is 0 Å². The summed E-state index contributed by atoms with van der Waals surface area (Å²) in [4.78, 5) is 0. The van der Waals surface area contributed by atoms with E-state index < -0.39 is 0 Å². The fraction of sp³-hybridized carbons (Fsp3) is 0.600. The molecular weight excluding hydrogens is 228 g/mol. The van der Waals surface area contributed by atoms with Crippen LogP contribution in [-0.2, 0) is 0 Å². The van der Waals surface area contributed by atoms with Crippen LogP contribution in [0, 0.1) is 5.92 Å². The zero-order chi connectivity index (χ0) is 13.0. The Labute approximate surface area is 108 Å². The van der Waals surface area contributed by atoms with E-state index in [1.807, 2.05) is 18.2 Å². The second-order valence-electron chi connectivity index (χ2n) is 5.26. The van der Waals surface area contributed by atoms with Gasteiger partial charge in [0.25, 0.3) is 0 Å². The van der Waals surface area contributed by atoms with Crippen LogP contribution in [-0.4, -0.2) is 28.0 Å². The van der Waals surface area contributed by atoms with Crippen molar-refractivity contribution in [1.29, 1.82) is 0 Å². The molecule has 0 unspecified atom stereocenters. The van der Waals surface area contributed by atoms with Gasteiger partial charge in [0.05, 0.1) is 6.10 Å². The summed E-state index contributed by atoms with van der Waals surface area (Å²) < 4.78 is 0. The molecule has 2 rings (SSSR count). The Hall–Kier alpha value is -1.06. The van der Waals surface area contributed by atoms with E-state index >= 15 is 0 Å². The lowest BCUT2D eigenvalue weighted by Gasteiger charge is -2.35.